The molecular weight excluding hydrogens is 330 g/mol. The molecule has 2 aliphatic rings. The highest BCUT2D eigenvalue weighted by atomic mass is 35.5. The van der Waals surface area contributed by atoms with Crippen LogP contribution in [0.2, 0.25) is 5.02 Å². The summed E-state index contributed by atoms with van der Waals surface area (Å²) in [5.41, 5.74) is 0.557. The maximum atomic E-state index is 11.3. The van der Waals surface area contributed by atoms with E-state index < -0.39 is 5.60 Å². The maximum Gasteiger partial charge on any atom is 0.183 e. The summed E-state index contributed by atoms with van der Waals surface area (Å²) in [5, 5.41) is 16.0. The van der Waals surface area contributed by atoms with Crippen LogP contribution < -0.4 is 0 Å². The van der Waals surface area contributed by atoms with Crippen molar-refractivity contribution >= 4 is 11.6 Å². The molecule has 24 heavy (non-hydrogen) atoms. The molecule has 128 valence electrons. The lowest BCUT2D eigenvalue weighted by Gasteiger charge is -2.30. The van der Waals surface area contributed by atoms with E-state index >= 15 is 0 Å². The lowest BCUT2D eigenvalue weighted by atomic mass is 9.88. The average Bonchev–Trinajstić information content (AvgIpc) is 3.35. The molecule has 2 fully saturated rings. The van der Waals surface area contributed by atoms with Gasteiger partial charge in [0.1, 0.15) is 18.3 Å². The molecule has 1 aliphatic heterocycles. The zero-order valence-electron chi connectivity index (χ0n) is 13.3. The smallest absolute Gasteiger partial charge is 0.183 e. The molecule has 6 nitrogen and oxygen atoms in total. The minimum Gasteiger partial charge on any atom is -0.383 e. The van der Waals surface area contributed by atoms with Crippen molar-refractivity contribution < 1.29 is 14.6 Å². The number of aliphatic hydroxyl groups is 1. The van der Waals surface area contributed by atoms with Gasteiger partial charge in [0.2, 0.25) is 0 Å². The fraction of sp³-hybridized carbons (Fsp3) is 0.529. The van der Waals surface area contributed by atoms with Crippen LogP contribution in [0.5, 0.6) is 0 Å². The average molecular weight is 350 g/mol. The molecule has 1 saturated carbocycles. The first-order valence-electron chi connectivity index (χ1n) is 8.25. The third-order valence-corrected chi connectivity index (χ3v) is 4.99. The van der Waals surface area contributed by atoms with Crippen LogP contribution in [0, 0.1) is 5.92 Å². The number of ether oxygens (including phenoxy) is 2. The first-order valence-corrected chi connectivity index (χ1v) is 8.62. The van der Waals surface area contributed by atoms with Crippen molar-refractivity contribution in [2.75, 3.05) is 13.2 Å². The molecule has 2 aromatic rings. The van der Waals surface area contributed by atoms with E-state index in [1.54, 1.807) is 11.0 Å². The molecule has 1 aromatic heterocycles. The van der Waals surface area contributed by atoms with Gasteiger partial charge in [0.15, 0.2) is 6.29 Å². The molecule has 0 radical (unpaired) electrons. The molecule has 4 rings (SSSR count). The Morgan fingerprint density at radius 2 is 2.08 bits per heavy atom. The van der Waals surface area contributed by atoms with Crippen molar-refractivity contribution in [2.45, 2.75) is 37.7 Å². The summed E-state index contributed by atoms with van der Waals surface area (Å²) >= 11 is 6.53. The molecule has 0 spiro atoms. The van der Waals surface area contributed by atoms with Crippen LogP contribution in [0.25, 0.3) is 0 Å². The molecule has 1 saturated heterocycles. The lowest BCUT2D eigenvalue weighted by Crippen LogP contribution is -2.34. The maximum absolute atomic E-state index is 11.3. The van der Waals surface area contributed by atoms with Crippen molar-refractivity contribution in [2.24, 2.45) is 5.92 Å². The largest absolute Gasteiger partial charge is 0.383 e. The van der Waals surface area contributed by atoms with Crippen LogP contribution in [0.15, 0.2) is 30.9 Å². The minimum absolute atomic E-state index is 0.187. The van der Waals surface area contributed by atoms with Crippen LogP contribution in [-0.2, 0) is 21.6 Å². The number of benzene rings is 1. The monoisotopic (exact) mass is 349 g/mol. The van der Waals surface area contributed by atoms with Gasteiger partial charge in [-0.25, -0.2) is 9.67 Å². The van der Waals surface area contributed by atoms with E-state index in [2.05, 4.69) is 10.1 Å². The molecule has 0 amide bonds. The van der Waals surface area contributed by atoms with Crippen LogP contribution in [0.1, 0.15) is 36.7 Å². The number of hydrogen-bond donors (Lipinski definition) is 1. The first kappa shape index (κ1) is 16.0. The first-order chi connectivity index (χ1) is 11.7. The van der Waals surface area contributed by atoms with Gasteiger partial charge in [-0.3, -0.25) is 0 Å². The summed E-state index contributed by atoms with van der Waals surface area (Å²) < 4.78 is 12.9. The summed E-state index contributed by atoms with van der Waals surface area (Å²) in [4.78, 5) is 3.95. The van der Waals surface area contributed by atoms with E-state index in [0.29, 0.717) is 24.8 Å². The Hall–Kier alpha value is -1.47. The predicted octanol–water partition coefficient (Wildman–Crippen LogP) is 2.66. The highest BCUT2D eigenvalue weighted by Crippen LogP contribution is 2.48. The lowest BCUT2D eigenvalue weighted by molar-refractivity contribution is -0.183. The standard InChI is InChI=1S/C17H20ClN3O3/c18-15-8-12(16-23-6-1-7-24-16)2-5-14(15)17(22,13-3-4-13)9-21-11-19-10-20-21/h2,5,8,10-11,13,16,22H,1,3-4,6-7,9H2. The van der Waals surface area contributed by atoms with Gasteiger partial charge in [-0.1, -0.05) is 23.7 Å². The molecule has 1 aliphatic carbocycles. The molecule has 1 aromatic carbocycles. The number of rotatable bonds is 5. The predicted molar refractivity (Wildman–Crippen MR) is 87.4 cm³/mol. The third-order valence-electron chi connectivity index (χ3n) is 4.68. The van der Waals surface area contributed by atoms with E-state index in [4.69, 9.17) is 21.1 Å². The molecule has 0 bridgehead atoms. The van der Waals surface area contributed by atoms with Gasteiger partial charge in [0.05, 0.1) is 19.8 Å². The van der Waals surface area contributed by atoms with E-state index in [1.165, 1.54) is 6.33 Å². The SMILES string of the molecule is OC(Cn1cncn1)(c1ccc(C2OCCCO2)cc1Cl)C1CC1. The second kappa shape index (κ2) is 6.44. The Morgan fingerprint density at radius 3 is 2.71 bits per heavy atom. The minimum atomic E-state index is -1.04. The normalized spacial score (nSPS) is 21.6. The molecule has 1 N–H and O–H groups in total. The Kier molecular flexibility index (Phi) is 4.30. The van der Waals surface area contributed by atoms with E-state index in [9.17, 15) is 5.11 Å². The number of hydrogen-bond acceptors (Lipinski definition) is 5. The highest BCUT2D eigenvalue weighted by Gasteiger charge is 2.46. The second-order valence-corrected chi connectivity index (χ2v) is 6.87. The van der Waals surface area contributed by atoms with E-state index in [-0.39, 0.29) is 12.2 Å². The van der Waals surface area contributed by atoms with Crippen LogP contribution in [0.3, 0.4) is 0 Å². The second-order valence-electron chi connectivity index (χ2n) is 6.46. The van der Waals surface area contributed by atoms with Crippen molar-refractivity contribution in [3.8, 4) is 0 Å². The Balaban J connectivity index is 1.63. The van der Waals surface area contributed by atoms with Crippen LogP contribution in [0.4, 0.5) is 0 Å². The van der Waals surface area contributed by atoms with Crippen molar-refractivity contribution in [3.05, 3.63) is 47.0 Å². The molecule has 1 atom stereocenters. The Labute approximate surface area is 145 Å². The zero-order chi connectivity index (χ0) is 16.6. The van der Waals surface area contributed by atoms with E-state index in [0.717, 1.165) is 30.4 Å². The summed E-state index contributed by atoms with van der Waals surface area (Å²) in [5.74, 6) is 0.187. The number of halogens is 1. The van der Waals surface area contributed by atoms with Crippen LogP contribution >= 0.6 is 11.6 Å². The van der Waals surface area contributed by atoms with Crippen molar-refractivity contribution in [1.29, 1.82) is 0 Å². The fourth-order valence-electron chi connectivity index (χ4n) is 3.27. The number of nitrogens with zero attached hydrogens (tertiary/aromatic N) is 3. The molecular formula is C17H20ClN3O3. The quantitative estimate of drug-likeness (QED) is 0.898. The van der Waals surface area contributed by atoms with Crippen LogP contribution in [-0.4, -0.2) is 33.1 Å². The fourth-order valence-corrected chi connectivity index (χ4v) is 3.62. The van der Waals surface area contributed by atoms with Crippen molar-refractivity contribution in [1.82, 2.24) is 14.8 Å². The molecule has 7 heteroatoms. The number of aromatic nitrogens is 3. The highest BCUT2D eigenvalue weighted by molar-refractivity contribution is 6.31. The topological polar surface area (TPSA) is 69.4 Å². The summed E-state index contributed by atoms with van der Waals surface area (Å²) in [6.45, 7) is 1.71. The summed E-state index contributed by atoms with van der Waals surface area (Å²) in [6.07, 6.45) is 5.57. The van der Waals surface area contributed by atoms with Gasteiger partial charge in [-0.2, -0.15) is 5.10 Å². The van der Waals surface area contributed by atoms with E-state index in [1.807, 2.05) is 18.2 Å². The van der Waals surface area contributed by atoms with Crippen molar-refractivity contribution in [3.63, 3.8) is 0 Å². The zero-order valence-corrected chi connectivity index (χ0v) is 14.0. The molecule has 1 unspecified atom stereocenters. The third kappa shape index (κ3) is 3.07. The van der Waals surface area contributed by atoms with Gasteiger partial charge < -0.3 is 14.6 Å². The van der Waals surface area contributed by atoms with Gasteiger partial charge in [0, 0.05) is 16.1 Å². The Morgan fingerprint density at radius 1 is 1.29 bits per heavy atom. The van der Waals surface area contributed by atoms with Gasteiger partial charge >= 0.3 is 0 Å². The summed E-state index contributed by atoms with van der Waals surface area (Å²) in [6, 6.07) is 5.64. The van der Waals surface area contributed by atoms with Gasteiger partial charge in [-0.05, 0) is 31.2 Å². The summed E-state index contributed by atoms with van der Waals surface area (Å²) in [7, 11) is 0. The van der Waals surface area contributed by atoms with Gasteiger partial charge in [0.25, 0.3) is 0 Å². The van der Waals surface area contributed by atoms with Gasteiger partial charge in [-0.15, -0.1) is 0 Å². The Bertz CT molecular complexity index is 699. The molecule has 2 heterocycles.